The zero-order chi connectivity index (χ0) is 15.2. The molecule has 1 aromatic rings. The Bertz CT molecular complexity index is 476. The van der Waals surface area contributed by atoms with Crippen LogP contribution in [0, 0.1) is 12.8 Å². The highest BCUT2D eigenvalue weighted by Gasteiger charge is 2.31. The van der Waals surface area contributed by atoms with Crippen molar-refractivity contribution in [1.82, 2.24) is 10.2 Å². The summed E-state index contributed by atoms with van der Waals surface area (Å²) in [5.41, 5.74) is 1.07. The molecule has 116 valence electrons. The number of nitrogens with one attached hydrogen (secondary N) is 1. The standard InChI is InChI=1S/C17H26N2O2/c1-4-15(21-16-8-6-5-7-13(16)2)17(20)19-10-9-14(12-19)11-18-3/h5-8,14-15,18H,4,9-12H2,1-3H3. The number of ether oxygens (including phenoxy) is 1. The molecule has 1 aliphatic rings. The fourth-order valence-corrected chi connectivity index (χ4v) is 2.84. The van der Waals surface area contributed by atoms with Crippen molar-refractivity contribution in [1.29, 1.82) is 0 Å². The molecule has 0 saturated carbocycles. The number of likely N-dealkylation sites (tertiary alicyclic amines) is 1. The minimum absolute atomic E-state index is 0.124. The summed E-state index contributed by atoms with van der Waals surface area (Å²) in [6.07, 6.45) is 1.40. The largest absolute Gasteiger partial charge is 0.480 e. The van der Waals surface area contributed by atoms with Crippen LogP contribution in [0.4, 0.5) is 0 Å². The topological polar surface area (TPSA) is 41.6 Å². The zero-order valence-electron chi connectivity index (χ0n) is 13.3. The van der Waals surface area contributed by atoms with Gasteiger partial charge in [0.05, 0.1) is 0 Å². The highest BCUT2D eigenvalue weighted by molar-refractivity contribution is 5.81. The fraction of sp³-hybridized carbons (Fsp3) is 0.588. The van der Waals surface area contributed by atoms with Gasteiger partial charge in [-0.25, -0.2) is 0 Å². The van der Waals surface area contributed by atoms with Crippen LogP contribution in [0.25, 0.3) is 0 Å². The summed E-state index contributed by atoms with van der Waals surface area (Å²) in [5, 5.41) is 3.19. The fourth-order valence-electron chi connectivity index (χ4n) is 2.84. The van der Waals surface area contributed by atoms with E-state index in [4.69, 9.17) is 4.74 Å². The van der Waals surface area contributed by atoms with Crippen molar-refractivity contribution in [3.05, 3.63) is 29.8 Å². The summed E-state index contributed by atoms with van der Waals surface area (Å²) in [4.78, 5) is 14.6. The second-order valence-corrected chi connectivity index (χ2v) is 5.78. The summed E-state index contributed by atoms with van der Waals surface area (Å²) >= 11 is 0. The molecule has 0 spiro atoms. The van der Waals surface area contributed by atoms with Crippen LogP contribution in [0.3, 0.4) is 0 Å². The van der Waals surface area contributed by atoms with Gasteiger partial charge in [0.1, 0.15) is 5.75 Å². The van der Waals surface area contributed by atoms with E-state index in [0.717, 1.165) is 37.4 Å². The Kier molecular flexibility index (Phi) is 5.62. The first-order valence-corrected chi connectivity index (χ1v) is 7.81. The maximum absolute atomic E-state index is 12.6. The smallest absolute Gasteiger partial charge is 0.263 e. The molecule has 1 amide bonds. The number of rotatable bonds is 6. The number of carbonyl (C=O) groups excluding carboxylic acids is 1. The van der Waals surface area contributed by atoms with Gasteiger partial charge >= 0.3 is 0 Å². The van der Waals surface area contributed by atoms with E-state index in [9.17, 15) is 4.79 Å². The van der Waals surface area contributed by atoms with Crippen LogP contribution in [-0.4, -0.2) is 43.6 Å². The predicted molar refractivity (Wildman–Crippen MR) is 84.5 cm³/mol. The van der Waals surface area contributed by atoms with E-state index in [1.165, 1.54) is 0 Å². The van der Waals surface area contributed by atoms with Crippen LogP contribution in [0.5, 0.6) is 5.75 Å². The van der Waals surface area contributed by atoms with Gasteiger partial charge < -0.3 is 15.0 Å². The Morgan fingerprint density at radius 1 is 1.48 bits per heavy atom. The Hall–Kier alpha value is -1.55. The molecule has 1 aliphatic heterocycles. The van der Waals surface area contributed by atoms with Crippen LogP contribution in [0.15, 0.2) is 24.3 Å². The van der Waals surface area contributed by atoms with Crippen LogP contribution in [0.1, 0.15) is 25.3 Å². The van der Waals surface area contributed by atoms with E-state index in [0.29, 0.717) is 12.3 Å². The SMILES string of the molecule is CCC(Oc1ccccc1C)C(=O)N1CCC(CNC)C1. The third kappa shape index (κ3) is 3.97. The lowest BCUT2D eigenvalue weighted by Crippen LogP contribution is -2.41. The van der Waals surface area contributed by atoms with E-state index in [1.807, 2.05) is 50.1 Å². The predicted octanol–water partition coefficient (Wildman–Crippen LogP) is 2.22. The van der Waals surface area contributed by atoms with Gasteiger partial charge in [-0.1, -0.05) is 25.1 Å². The van der Waals surface area contributed by atoms with Crippen LogP contribution < -0.4 is 10.1 Å². The van der Waals surface area contributed by atoms with Crippen molar-refractivity contribution in [2.75, 3.05) is 26.7 Å². The van der Waals surface area contributed by atoms with Crippen molar-refractivity contribution in [3.8, 4) is 5.75 Å². The molecule has 21 heavy (non-hydrogen) atoms. The van der Waals surface area contributed by atoms with Gasteiger partial charge in [0.25, 0.3) is 5.91 Å². The third-order valence-corrected chi connectivity index (χ3v) is 4.10. The molecular weight excluding hydrogens is 264 g/mol. The van der Waals surface area contributed by atoms with Crippen LogP contribution in [-0.2, 0) is 4.79 Å². The van der Waals surface area contributed by atoms with Crippen LogP contribution in [0.2, 0.25) is 0 Å². The molecule has 4 heteroatoms. The number of hydrogen-bond acceptors (Lipinski definition) is 3. The molecule has 4 nitrogen and oxygen atoms in total. The molecule has 2 rings (SSSR count). The van der Waals surface area contributed by atoms with Crippen molar-refractivity contribution in [3.63, 3.8) is 0 Å². The number of nitrogens with zero attached hydrogens (tertiary/aromatic N) is 1. The van der Waals surface area contributed by atoms with Gasteiger partial charge in [0.2, 0.25) is 0 Å². The lowest BCUT2D eigenvalue weighted by Gasteiger charge is -2.24. The van der Waals surface area contributed by atoms with Crippen molar-refractivity contribution in [2.24, 2.45) is 5.92 Å². The van der Waals surface area contributed by atoms with Gasteiger partial charge in [-0.3, -0.25) is 4.79 Å². The number of para-hydroxylation sites is 1. The monoisotopic (exact) mass is 290 g/mol. The summed E-state index contributed by atoms with van der Waals surface area (Å²) < 4.78 is 5.96. The Morgan fingerprint density at radius 2 is 2.24 bits per heavy atom. The van der Waals surface area contributed by atoms with E-state index < -0.39 is 0 Å². The van der Waals surface area contributed by atoms with Gasteiger partial charge in [-0.15, -0.1) is 0 Å². The minimum Gasteiger partial charge on any atom is -0.480 e. The number of amides is 1. The number of hydrogen-bond donors (Lipinski definition) is 1. The lowest BCUT2D eigenvalue weighted by molar-refractivity contribution is -0.137. The van der Waals surface area contributed by atoms with E-state index in [-0.39, 0.29) is 12.0 Å². The zero-order valence-corrected chi connectivity index (χ0v) is 13.3. The molecule has 2 atom stereocenters. The average molecular weight is 290 g/mol. The maximum atomic E-state index is 12.6. The second-order valence-electron chi connectivity index (χ2n) is 5.78. The summed E-state index contributed by atoms with van der Waals surface area (Å²) in [6, 6.07) is 7.86. The van der Waals surface area contributed by atoms with Crippen molar-refractivity contribution < 1.29 is 9.53 Å². The molecule has 0 bridgehead atoms. The molecule has 1 saturated heterocycles. The molecule has 1 fully saturated rings. The molecule has 1 heterocycles. The molecule has 0 radical (unpaired) electrons. The van der Waals surface area contributed by atoms with E-state index in [1.54, 1.807) is 0 Å². The summed E-state index contributed by atoms with van der Waals surface area (Å²) in [6.45, 7) is 6.67. The van der Waals surface area contributed by atoms with Gasteiger partial charge in [0, 0.05) is 13.1 Å². The molecular formula is C17H26N2O2. The maximum Gasteiger partial charge on any atom is 0.263 e. The normalized spacial score (nSPS) is 19.6. The Labute approximate surface area is 127 Å². The van der Waals surface area contributed by atoms with E-state index >= 15 is 0 Å². The van der Waals surface area contributed by atoms with Crippen LogP contribution >= 0.6 is 0 Å². The number of benzene rings is 1. The average Bonchev–Trinajstić information content (AvgIpc) is 2.95. The molecule has 0 aliphatic carbocycles. The molecule has 2 unspecified atom stereocenters. The highest BCUT2D eigenvalue weighted by atomic mass is 16.5. The summed E-state index contributed by atoms with van der Waals surface area (Å²) in [7, 11) is 1.96. The number of carbonyl (C=O) groups is 1. The first kappa shape index (κ1) is 15.8. The minimum atomic E-state index is -0.376. The summed E-state index contributed by atoms with van der Waals surface area (Å²) in [5.74, 6) is 1.50. The molecule has 0 aromatic heterocycles. The second kappa shape index (κ2) is 7.46. The number of aryl methyl sites for hydroxylation is 1. The Balaban J connectivity index is 1.98. The van der Waals surface area contributed by atoms with Crippen molar-refractivity contribution >= 4 is 5.91 Å². The quantitative estimate of drug-likeness (QED) is 0.873. The van der Waals surface area contributed by atoms with Gasteiger partial charge in [-0.05, 0) is 50.9 Å². The lowest BCUT2D eigenvalue weighted by atomic mass is 10.1. The van der Waals surface area contributed by atoms with Gasteiger partial charge in [0.15, 0.2) is 6.10 Å². The first-order chi connectivity index (χ1) is 10.2. The Morgan fingerprint density at radius 3 is 2.90 bits per heavy atom. The first-order valence-electron chi connectivity index (χ1n) is 7.81. The molecule has 1 aromatic carbocycles. The molecule has 1 N–H and O–H groups in total. The van der Waals surface area contributed by atoms with E-state index in [2.05, 4.69) is 5.32 Å². The highest BCUT2D eigenvalue weighted by Crippen LogP contribution is 2.22. The van der Waals surface area contributed by atoms with Gasteiger partial charge in [-0.2, -0.15) is 0 Å². The van der Waals surface area contributed by atoms with Crippen molar-refractivity contribution in [2.45, 2.75) is 32.8 Å². The third-order valence-electron chi connectivity index (χ3n) is 4.10.